The van der Waals surface area contributed by atoms with Gasteiger partial charge in [-0.15, -0.1) is 14.3 Å². The van der Waals surface area contributed by atoms with E-state index in [4.69, 9.17) is 0 Å². The Morgan fingerprint density at radius 1 is 1.14 bits per heavy atom. The van der Waals surface area contributed by atoms with Crippen molar-refractivity contribution in [2.45, 2.75) is 31.8 Å². The van der Waals surface area contributed by atoms with Crippen molar-refractivity contribution in [1.82, 2.24) is 9.59 Å². The van der Waals surface area contributed by atoms with E-state index in [-0.39, 0.29) is 16.9 Å². The molecule has 0 saturated carbocycles. The molecule has 1 atom stereocenters. The number of amides is 1. The van der Waals surface area contributed by atoms with Crippen LogP contribution in [0.15, 0.2) is 54.6 Å². The molecule has 1 amide bonds. The number of rotatable bonds is 7. The van der Waals surface area contributed by atoms with Crippen LogP contribution in [0.5, 0.6) is 0 Å². The van der Waals surface area contributed by atoms with Crippen LogP contribution < -0.4 is 5.32 Å². The molecule has 1 N–H and O–H groups in total. The number of anilines is 1. The van der Waals surface area contributed by atoms with Crippen LogP contribution in [0.25, 0.3) is 17.3 Å². The third kappa shape index (κ3) is 5.14. The zero-order valence-electron chi connectivity index (χ0n) is 16.4. The van der Waals surface area contributed by atoms with Crippen LogP contribution in [0.3, 0.4) is 0 Å². The first-order valence-corrected chi connectivity index (χ1v) is 10.8. The molecule has 0 aliphatic rings. The van der Waals surface area contributed by atoms with E-state index in [2.05, 4.69) is 50.1 Å². The molecule has 1 unspecified atom stereocenters. The molecule has 0 radical (unpaired) electrons. The Kier molecular flexibility index (Phi) is 6.88. The fraction of sp³-hybridized carbons (Fsp3) is 0.227. The highest BCUT2D eigenvalue weighted by Gasteiger charge is 2.22. The van der Waals surface area contributed by atoms with Crippen molar-refractivity contribution < 1.29 is 9.18 Å². The molecular weight excluding hydrogens is 404 g/mol. The number of benzene rings is 2. The number of hydrogen-bond donors (Lipinski definition) is 1. The van der Waals surface area contributed by atoms with Crippen molar-refractivity contribution in [1.29, 1.82) is 0 Å². The van der Waals surface area contributed by atoms with Gasteiger partial charge in [0, 0.05) is 22.5 Å². The molecular formula is C22H23FN3OPS. The molecule has 29 heavy (non-hydrogen) atoms. The van der Waals surface area contributed by atoms with Gasteiger partial charge in [-0.1, -0.05) is 30.5 Å². The summed E-state index contributed by atoms with van der Waals surface area (Å²) >= 11 is 1.18. The number of hydrogen-bond acceptors (Lipinski definition) is 4. The first kappa shape index (κ1) is 21.3. The summed E-state index contributed by atoms with van der Waals surface area (Å²) in [5.41, 5.74) is 3.35. The van der Waals surface area contributed by atoms with Gasteiger partial charge in [-0.2, -0.15) is 0 Å². The summed E-state index contributed by atoms with van der Waals surface area (Å²) in [6.45, 7) is 4.34. The lowest BCUT2D eigenvalue weighted by atomic mass is 9.92. The number of carbonyl (C=O) groups excluding carboxylic acids is 1. The zero-order chi connectivity index (χ0) is 20.9. The molecule has 1 aromatic heterocycles. The van der Waals surface area contributed by atoms with Gasteiger partial charge in [-0.25, -0.2) is 4.39 Å². The van der Waals surface area contributed by atoms with E-state index in [0.717, 1.165) is 29.0 Å². The van der Waals surface area contributed by atoms with Gasteiger partial charge in [-0.3, -0.25) is 4.79 Å². The predicted octanol–water partition coefficient (Wildman–Crippen LogP) is 5.89. The quantitative estimate of drug-likeness (QED) is 0.378. The Morgan fingerprint density at radius 2 is 1.79 bits per heavy atom. The Balaban J connectivity index is 1.68. The maximum absolute atomic E-state index is 13.1. The molecule has 0 spiro atoms. The highest BCUT2D eigenvalue weighted by Crippen LogP contribution is 2.38. The smallest absolute Gasteiger partial charge is 0.248 e. The lowest BCUT2D eigenvalue weighted by Gasteiger charge is -2.27. The first-order chi connectivity index (χ1) is 13.9. The average molecular weight is 427 g/mol. The fourth-order valence-electron chi connectivity index (χ4n) is 2.99. The predicted molar refractivity (Wildman–Crippen MR) is 121 cm³/mol. The molecule has 2 aromatic carbocycles. The van der Waals surface area contributed by atoms with Gasteiger partial charge in [-0.05, 0) is 72.4 Å². The van der Waals surface area contributed by atoms with E-state index in [1.54, 1.807) is 18.2 Å². The fourth-order valence-corrected chi connectivity index (χ4v) is 3.77. The topological polar surface area (TPSA) is 54.9 Å². The highest BCUT2D eigenvalue weighted by atomic mass is 32.1. The summed E-state index contributed by atoms with van der Waals surface area (Å²) in [5, 5.41) is 7.02. The van der Waals surface area contributed by atoms with E-state index in [9.17, 15) is 9.18 Å². The third-order valence-corrected chi connectivity index (χ3v) is 6.85. The molecule has 150 valence electrons. The van der Waals surface area contributed by atoms with Crippen molar-refractivity contribution >= 4 is 38.4 Å². The zero-order valence-corrected chi connectivity index (χ0v) is 18.3. The summed E-state index contributed by atoms with van der Waals surface area (Å²) in [7, 11) is 2.95. The molecule has 0 bridgehead atoms. The van der Waals surface area contributed by atoms with Gasteiger partial charge in [0.15, 0.2) is 0 Å². The first-order valence-electron chi connectivity index (χ1n) is 9.42. The monoisotopic (exact) mass is 427 g/mol. The van der Waals surface area contributed by atoms with Gasteiger partial charge >= 0.3 is 0 Å². The van der Waals surface area contributed by atoms with E-state index in [1.165, 1.54) is 35.3 Å². The van der Waals surface area contributed by atoms with E-state index in [1.807, 2.05) is 12.1 Å². The number of carbonyl (C=O) groups is 1. The SMILES string of the molecule is CCC(P)(CC)c1ccc(NC(=O)/C=C/c2snnc2-c2ccc(F)cc2)cc1. The molecule has 7 heteroatoms. The van der Waals surface area contributed by atoms with Crippen molar-refractivity contribution in [3.05, 3.63) is 70.9 Å². The maximum atomic E-state index is 13.1. The Hall–Kier alpha value is -2.43. The molecule has 0 aliphatic carbocycles. The second kappa shape index (κ2) is 9.38. The summed E-state index contributed by atoms with van der Waals surface area (Å²) in [4.78, 5) is 13.0. The number of nitrogens with zero attached hydrogens (tertiary/aromatic N) is 2. The minimum absolute atomic E-state index is 0.0678. The lowest BCUT2D eigenvalue weighted by molar-refractivity contribution is -0.111. The van der Waals surface area contributed by atoms with Gasteiger partial charge < -0.3 is 5.32 Å². The summed E-state index contributed by atoms with van der Waals surface area (Å²) in [5.74, 6) is -0.546. The van der Waals surface area contributed by atoms with E-state index in [0.29, 0.717) is 5.69 Å². The van der Waals surface area contributed by atoms with Crippen LogP contribution >= 0.6 is 20.8 Å². The van der Waals surface area contributed by atoms with Gasteiger partial charge in [0.1, 0.15) is 11.5 Å². The summed E-state index contributed by atoms with van der Waals surface area (Å²) < 4.78 is 17.1. The van der Waals surface area contributed by atoms with E-state index < -0.39 is 0 Å². The lowest BCUT2D eigenvalue weighted by Crippen LogP contribution is -2.15. The van der Waals surface area contributed by atoms with Crippen LogP contribution in [0, 0.1) is 5.82 Å². The van der Waals surface area contributed by atoms with Gasteiger partial charge in [0.2, 0.25) is 5.91 Å². The molecule has 4 nitrogen and oxygen atoms in total. The molecule has 0 fully saturated rings. The maximum Gasteiger partial charge on any atom is 0.248 e. The van der Waals surface area contributed by atoms with Crippen LogP contribution in [-0.4, -0.2) is 15.5 Å². The van der Waals surface area contributed by atoms with Crippen LogP contribution in [0.4, 0.5) is 10.1 Å². The van der Waals surface area contributed by atoms with E-state index >= 15 is 0 Å². The van der Waals surface area contributed by atoms with Crippen LogP contribution in [0.1, 0.15) is 37.1 Å². The highest BCUT2D eigenvalue weighted by molar-refractivity contribution is 7.18. The minimum Gasteiger partial charge on any atom is -0.323 e. The second-order valence-electron chi connectivity index (χ2n) is 6.76. The Labute approximate surface area is 176 Å². The third-order valence-electron chi connectivity index (χ3n) is 5.01. The minimum atomic E-state index is -0.309. The van der Waals surface area contributed by atoms with Gasteiger partial charge in [0.25, 0.3) is 0 Å². The Bertz CT molecular complexity index is 996. The summed E-state index contributed by atoms with van der Waals surface area (Å²) in [6.07, 6.45) is 5.19. The molecule has 1 heterocycles. The molecule has 3 rings (SSSR count). The van der Waals surface area contributed by atoms with Crippen molar-refractivity contribution in [3.63, 3.8) is 0 Å². The standard InChI is InChI=1S/C22H23FN3OPS/c1-3-22(28,4-2)16-7-11-18(12-8-16)24-20(27)14-13-19-21(25-26-29-19)15-5-9-17(23)10-6-15/h5-14H,3-4,28H2,1-2H3,(H,24,27)/b14-13+. The van der Waals surface area contributed by atoms with Crippen molar-refractivity contribution in [3.8, 4) is 11.3 Å². The summed E-state index contributed by atoms with van der Waals surface area (Å²) in [6, 6.07) is 14.0. The Morgan fingerprint density at radius 3 is 2.41 bits per heavy atom. The number of nitrogens with one attached hydrogen (secondary N) is 1. The van der Waals surface area contributed by atoms with Crippen molar-refractivity contribution in [2.24, 2.45) is 0 Å². The van der Waals surface area contributed by atoms with Crippen LogP contribution in [-0.2, 0) is 9.95 Å². The van der Waals surface area contributed by atoms with Gasteiger partial charge in [0.05, 0.1) is 4.88 Å². The van der Waals surface area contributed by atoms with Crippen molar-refractivity contribution in [2.75, 3.05) is 5.32 Å². The van der Waals surface area contributed by atoms with Crippen LogP contribution in [0.2, 0.25) is 0 Å². The second-order valence-corrected chi connectivity index (χ2v) is 8.65. The largest absolute Gasteiger partial charge is 0.323 e. The molecule has 0 saturated heterocycles. The molecule has 3 aromatic rings. The average Bonchev–Trinajstić information content (AvgIpc) is 3.21. The number of halogens is 1. The molecule has 0 aliphatic heterocycles. The number of aromatic nitrogens is 2. The normalized spacial score (nSPS) is 11.7.